The van der Waals surface area contributed by atoms with E-state index >= 15 is 0 Å². The Morgan fingerprint density at radius 1 is 1.37 bits per heavy atom. The van der Waals surface area contributed by atoms with E-state index in [2.05, 4.69) is 34.3 Å². The van der Waals surface area contributed by atoms with Crippen LogP contribution in [0.1, 0.15) is 26.1 Å². The van der Waals surface area contributed by atoms with E-state index in [1.165, 1.54) is 7.11 Å². The average molecular weight is 372 g/mol. The SMILES string of the molecule is CCNC(=NCCCc1nnc2ccccn12)N1CC(C)C(C(=O)OC)C1. The summed E-state index contributed by atoms with van der Waals surface area (Å²) in [5, 5.41) is 11.8. The molecule has 0 spiro atoms. The minimum atomic E-state index is -0.139. The van der Waals surface area contributed by atoms with Crippen molar-refractivity contribution in [2.45, 2.75) is 26.7 Å². The zero-order chi connectivity index (χ0) is 19.2. The summed E-state index contributed by atoms with van der Waals surface area (Å²) in [7, 11) is 1.45. The molecule has 2 unspecified atom stereocenters. The smallest absolute Gasteiger partial charge is 0.310 e. The maximum absolute atomic E-state index is 11.9. The fourth-order valence-corrected chi connectivity index (χ4v) is 3.51. The number of carbonyl (C=O) groups is 1. The molecule has 0 saturated carbocycles. The first-order valence-corrected chi connectivity index (χ1v) is 9.53. The molecule has 1 saturated heterocycles. The third-order valence-electron chi connectivity index (χ3n) is 4.96. The number of rotatable bonds is 6. The molecule has 0 radical (unpaired) electrons. The average Bonchev–Trinajstić information content (AvgIpc) is 3.27. The van der Waals surface area contributed by atoms with Gasteiger partial charge in [-0.05, 0) is 31.4 Å². The predicted molar refractivity (Wildman–Crippen MR) is 104 cm³/mol. The molecule has 0 amide bonds. The highest BCUT2D eigenvalue weighted by Gasteiger charge is 2.36. The van der Waals surface area contributed by atoms with Gasteiger partial charge >= 0.3 is 5.97 Å². The third kappa shape index (κ3) is 4.37. The van der Waals surface area contributed by atoms with Crippen LogP contribution in [0.5, 0.6) is 0 Å². The lowest BCUT2D eigenvalue weighted by Crippen LogP contribution is -2.40. The minimum absolute atomic E-state index is 0.0961. The molecule has 0 bridgehead atoms. The normalized spacial score (nSPS) is 20.3. The van der Waals surface area contributed by atoms with Crippen molar-refractivity contribution in [3.8, 4) is 0 Å². The van der Waals surface area contributed by atoms with E-state index in [0.29, 0.717) is 13.1 Å². The Hall–Kier alpha value is -2.64. The lowest BCUT2D eigenvalue weighted by Gasteiger charge is -2.21. The Kier molecular flexibility index (Phi) is 6.26. The number of likely N-dealkylation sites (tertiary alicyclic amines) is 1. The Balaban J connectivity index is 1.58. The first kappa shape index (κ1) is 19.1. The molecule has 8 heteroatoms. The number of aliphatic imine (C=N–C) groups is 1. The summed E-state index contributed by atoms with van der Waals surface area (Å²) in [4.78, 5) is 18.8. The quantitative estimate of drug-likeness (QED) is 0.357. The van der Waals surface area contributed by atoms with Crippen LogP contribution in [-0.2, 0) is 16.0 Å². The summed E-state index contributed by atoms with van der Waals surface area (Å²) in [5.74, 6) is 1.83. The number of guanidine groups is 1. The highest BCUT2D eigenvalue weighted by atomic mass is 16.5. The molecule has 0 aromatic carbocycles. The Bertz CT molecular complexity index is 802. The first-order valence-electron chi connectivity index (χ1n) is 9.53. The first-order chi connectivity index (χ1) is 13.1. The molecule has 27 heavy (non-hydrogen) atoms. The molecular formula is C19H28N6O2. The fraction of sp³-hybridized carbons (Fsp3) is 0.579. The summed E-state index contributed by atoms with van der Waals surface area (Å²) >= 11 is 0. The largest absolute Gasteiger partial charge is 0.469 e. The van der Waals surface area contributed by atoms with Crippen LogP contribution in [-0.4, -0.2) is 64.7 Å². The van der Waals surface area contributed by atoms with Gasteiger partial charge in [0.05, 0.1) is 13.0 Å². The molecule has 3 heterocycles. The van der Waals surface area contributed by atoms with E-state index in [-0.39, 0.29) is 17.8 Å². The number of aromatic nitrogens is 3. The summed E-state index contributed by atoms with van der Waals surface area (Å²) in [6.45, 7) is 7.07. The van der Waals surface area contributed by atoms with Crippen LogP contribution in [0.2, 0.25) is 0 Å². The Labute approximate surface area is 159 Å². The minimum Gasteiger partial charge on any atom is -0.469 e. The van der Waals surface area contributed by atoms with Crippen LogP contribution in [0.3, 0.4) is 0 Å². The van der Waals surface area contributed by atoms with Gasteiger partial charge in [0.15, 0.2) is 11.6 Å². The lowest BCUT2D eigenvalue weighted by atomic mass is 9.99. The molecule has 1 N–H and O–H groups in total. The summed E-state index contributed by atoms with van der Waals surface area (Å²) in [6.07, 6.45) is 3.68. The topological polar surface area (TPSA) is 84.1 Å². The number of nitrogens with one attached hydrogen (secondary N) is 1. The number of methoxy groups -OCH3 is 1. The van der Waals surface area contributed by atoms with Crippen LogP contribution < -0.4 is 5.32 Å². The van der Waals surface area contributed by atoms with Crippen molar-refractivity contribution in [1.82, 2.24) is 24.8 Å². The molecule has 1 aliphatic heterocycles. The number of esters is 1. The molecule has 2 aromatic rings. The molecule has 1 aliphatic rings. The van der Waals surface area contributed by atoms with Gasteiger partial charge in [-0.25, -0.2) is 0 Å². The zero-order valence-electron chi connectivity index (χ0n) is 16.3. The van der Waals surface area contributed by atoms with Crippen molar-refractivity contribution in [2.75, 3.05) is 33.3 Å². The van der Waals surface area contributed by atoms with E-state index in [1.807, 2.05) is 28.8 Å². The van der Waals surface area contributed by atoms with Gasteiger partial charge in [-0.15, -0.1) is 10.2 Å². The summed E-state index contributed by atoms with van der Waals surface area (Å²) in [5.41, 5.74) is 0.865. The number of fused-ring (bicyclic) bond motifs is 1. The Morgan fingerprint density at radius 2 is 2.22 bits per heavy atom. The molecule has 2 atom stereocenters. The van der Waals surface area contributed by atoms with Crippen molar-refractivity contribution in [3.63, 3.8) is 0 Å². The number of ether oxygens (including phenoxy) is 1. The molecule has 2 aromatic heterocycles. The van der Waals surface area contributed by atoms with E-state index < -0.39 is 0 Å². The number of carbonyl (C=O) groups excluding carboxylic acids is 1. The van der Waals surface area contributed by atoms with E-state index in [1.54, 1.807) is 0 Å². The van der Waals surface area contributed by atoms with E-state index in [4.69, 9.17) is 9.73 Å². The van der Waals surface area contributed by atoms with Crippen LogP contribution in [0.15, 0.2) is 29.4 Å². The molecule has 3 rings (SSSR count). The number of pyridine rings is 1. The second-order valence-corrected chi connectivity index (χ2v) is 6.90. The van der Waals surface area contributed by atoms with Crippen molar-refractivity contribution in [2.24, 2.45) is 16.8 Å². The second kappa shape index (κ2) is 8.83. The van der Waals surface area contributed by atoms with E-state index in [0.717, 1.165) is 43.4 Å². The molecule has 1 fully saturated rings. The van der Waals surface area contributed by atoms with Crippen molar-refractivity contribution < 1.29 is 9.53 Å². The number of hydrogen-bond acceptors (Lipinski definition) is 5. The second-order valence-electron chi connectivity index (χ2n) is 6.90. The van der Waals surface area contributed by atoms with Gasteiger partial charge in [-0.2, -0.15) is 0 Å². The standard InChI is InChI=1S/C19H28N6O2/c1-4-20-19(24-12-14(2)15(13-24)18(26)27-3)21-10-7-9-17-23-22-16-8-5-6-11-25(16)17/h5-6,8,11,14-15H,4,7,9-10,12-13H2,1-3H3,(H,20,21). The van der Waals surface area contributed by atoms with Gasteiger partial charge in [0.25, 0.3) is 0 Å². The Morgan fingerprint density at radius 3 is 3.00 bits per heavy atom. The monoisotopic (exact) mass is 372 g/mol. The van der Waals surface area contributed by atoms with Gasteiger partial charge in [0.1, 0.15) is 5.82 Å². The highest BCUT2D eigenvalue weighted by Crippen LogP contribution is 2.24. The van der Waals surface area contributed by atoms with Gasteiger partial charge in [-0.1, -0.05) is 13.0 Å². The fourth-order valence-electron chi connectivity index (χ4n) is 3.51. The maximum Gasteiger partial charge on any atom is 0.310 e. The van der Waals surface area contributed by atoms with Crippen molar-refractivity contribution in [3.05, 3.63) is 30.2 Å². The lowest BCUT2D eigenvalue weighted by molar-refractivity contribution is -0.145. The van der Waals surface area contributed by atoms with Gasteiger partial charge in [0, 0.05) is 38.8 Å². The summed E-state index contributed by atoms with van der Waals surface area (Å²) in [6, 6.07) is 5.89. The van der Waals surface area contributed by atoms with Crippen LogP contribution >= 0.6 is 0 Å². The van der Waals surface area contributed by atoms with Crippen molar-refractivity contribution in [1.29, 1.82) is 0 Å². The van der Waals surface area contributed by atoms with Crippen LogP contribution in [0.4, 0.5) is 0 Å². The van der Waals surface area contributed by atoms with Gasteiger partial charge < -0.3 is 15.0 Å². The van der Waals surface area contributed by atoms with Crippen LogP contribution in [0.25, 0.3) is 5.65 Å². The van der Waals surface area contributed by atoms with Crippen LogP contribution in [0, 0.1) is 11.8 Å². The maximum atomic E-state index is 11.9. The summed E-state index contributed by atoms with van der Waals surface area (Å²) < 4.78 is 6.94. The molecule has 8 nitrogen and oxygen atoms in total. The highest BCUT2D eigenvalue weighted by molar-refractivity contribution is 5.82. The van der Waals surface area contributed by atoms with Crippen molar-refractivity contribution >= 4 is 17.6 Å². The molecule has 146 valence electrons. The zero-order valence-corrected chi connectivity index (χ0v) is 16.3. The van der Waals surface area contributed by atoms with E-state index in [9.17, 15) is 4.79 Å². The predicted octanol–water partition coefficient (Wildman–Crippen LogP) is 1.37. The third-order valence-corrected chi connectivity index (χ3v) is 4.96. The number of aryl methyl sites for hydroxylation is 1. The van der Waals surface area contributed by atoms with Gasteiger partial charge in [-0.3, -0.25) is 14.2 Å². The number of hydrogen-bond donors (Lipinski definition) is 1. The molecular weight excluding hydrogens is 344 g/mol. The number of nitrogens with zero attached hydrogens (tertiary/aromatic N) is 5. The molecule has 0 aliphatic carbocycles. The van der Waals surface area contributed by atoms with Gasteiger partial charge in [0.2, 0.25) is 0 Å².